The Balaban J connectivity index is 1.50. The van der Waals surface area contributed by atoms with Crippen molar-refractivity contribution in [3.8, 4) is 0 Å². The van der Waals surface area contributed by atoms with Gasteiger partial charge in [0.25, 0.3) is 11.7 Å². The van der Waals surface area contributed by atoms with E-state index in [1.165, 1.54) is 6.33 Å². The molecule has 0 fully saturated rings. The Kier molecular flexibility index (Phi) is 5.98. The first-order chi connectivity index (χ1) is 13.5. The van der Waals surface area contributed by atoms with Crippen LogP contribution in [0.5, 0.6) is 0 Å². The first kappa shape index (κ1) is 19.5. The van der Waals surface area contributed by atoms with Crippen molar-refractivity contribution in [1.82, 2.24) is 24.9 Å². The molecule has 0 bridgehead atoms. The second-order valence-electron chi connectivity index (χ2n) is 6.69. The van der Waals surface area contributed by atoms with Crippen molar-refractivity contribution in [3.05, 3.63) is 59.2 Å². The van der Waals surface area contributed by atoms with E-state index in [1.807, 2.05) is 51.1 Å². The van der Waals surface area contributed by atoms with Crippen LogP contribution < -0.4 is 5.32 Å². The highest BCUT2D eigenvalue weighted by atomic mass is 16.5. The number of esters is 1. The van der Waals surface area contributed by atoms with Crippen LogP contribution in [0.15, 0.2) is 36.7 Å². The van der Waals surface area contributed by atoms with Crippen molar-refractivity contribution in [1.29, 1.82) is 0 Å². The summed E-state index contributed by atoms with van der Waals surface area (Å²) in [5.41, 5.74) is 3.33. The van der Waals surface area contributed by atoms with E-state index in [1.54, 1.807) is 4.52 Å². The molecule has 3 aromatic rings. The Morgan fingerprint density at radius 3 is 2.71 bits per heavy atom. The van der Waals surface area contributed by atoms with Crippen LogP contribution >= 0.6 is 0 Å². The van der Waals surface area contributed by atoms with Gasteiger partial charge in [-0.25, -0.2) is 9.50 Å². The normalized spacial score (nSPS) is 12.0. The predicted octanol–water partition coefficient (Wildman–Crippen LogP) is 1.75. The van der Waals surface area contributed by atoms with Gasteiger partial charge >= 0.3 is 5.97 Å². The molecule has 28 heavy (non-hydrogen) atoms. The number of amides is 1. The summed E-state index contributed by atoms with van der Waals surface area (Å²) in [6.45, 7) is 5.85. The third kappa shape index (κ3) is 4.51. The van der Waals surface area contributed by atoms with Gasteiger partial charge in [0.15, 0.2) is 6.61 Å². The molecule has 0 aliphatic carbocycles. The molecule has 0 unspecified atom stereocenters. The van der Waals surface area contributed by atoms with Gasteiger partial charge in [0.1, 0.15) is 6.33 Å². The SMILES string of the molecule is Cc1nc2ncnn2c(C)c1CC(=O)OCC(=O)NC[C@@H](C)c1ccccc1. The van der Waals surface area contributed by atoms with Crippen LogP contribution in [-0.2, 0) is 20.7 Å². The molecule has 146 valence electrons. The zero-order chi connectivity index (χ0) is 20.1. The molecule has 1 amide bonds. The zero-order valence-corrected chi connectivity index (χ0v) is 16.2. The number of aromatic nitrogens is 4. The minimum atomic E-state index is -0.487. The number of nitrogens with one attached hydrogen (secondary N) is 1. The molecule has 3 rings (SSSR count). The van der Waals surface area contributed by atoms with E-state index in [0.717, 1.165) is 16.8 Å². The van der Waals surface area contributed by atoms with Gasteiger partial charge in [0.2, 0.25) is 0 Å². The number of carbonyl (C=O) groups excluding carboxylic acids is 2. The van der Waals surface area contributed by atoms with Crippen molar-refractivity contribution in [2.45, 2.75) is 33.1 Å². The number of carbonyl (C=O) groups is 2. The number of rotatable bonds is 7. The standard InChI is InChI=1S/C20H23N5O3/c1-13(16-7-5-4-6-8-16)10-21-18(26)11-28-19(27)9-17-14(2)24-20-22-12-23-25(20)15(17)3/h4-8,12-13H,9-11H2,1-3H3,(H,21,26)/t13-/m1/s1. The van der Waals surface area contributed by atoms with Crippen molar-refractivity contribution in [2.24, 2.45) is 0 Å². The maximum Gasteiger partial charge on any atom is 0.310 e. The van der Waals surface area contributed by atoms with Gasteiger partial charge in [-0.1, -0.05) is 37.3 Å². The topological polar surface area (TPSA) is 98.5 Å². The summed E-state index contributed by atoms with van der Waals surface area (Å²) in [4.78, 5) is 32.5. The molecule has 0 spiro atoms. The van der Waals surface area contributed by atoms with Gasteiger partial charge in [-0.15, -0.1) is 0 Å². The van der Waals surface area contributed by atoms with Crippen LogP contribution in [0.1, 0.15) is 35.4 Å². The Morgan fingerprint density at radius 1 is 1.21 bits per heavy atom. The van der Waals surface area contributed by atoms with Crippen LogP contribution in [0.3, 0.4) is 0 Å². The number of benzene rings is 1. The highest BCUT2D eigenvalue weighted by Gasteiger charge is 2.16. The van der Waals surface area contributed by atoms with Gasteiger partial charge in [-0.05, 0) is 25.3 Å². The van der Waals surface area contributed by atoms with Gasteiger partial charge in [0, 0.05) is 23.5 Å². The molecule has 0 radical (unpaired) electrons. The number of hydrogen-bond acceptors (Lipinski definition) is 6. The van der Waals surface area contributed by atoms with E-state index in [2.05, 4.69) is 20.4 Å². The molecule has 8 heteroatoms. The van der Waals surface area contributed by atoms with E-state index in [-0.39, 0.29) is 24.9 Å². The molecule has 0 aliphatic rings. The Morgan fingerprint density at radius 2 is 1.96 bits per heavy atom. The molecule has 0 aliphatic heterocycles. The minimum absolute atomic E-state index is 0.0220. The Bertz CT molecular complexity index is 984. The Labute approximate surface area is 163 Å². The maximum absolute atomic E-state index is 12.2. The predicted molar refractivity (Wildman–Crippen MR) is 103 cm³/mol. The average molecular weight is 381 g/mol. The third-order valence-corrected chi connectivity index (χ3v) is 4.65. The first-order valence-electron chi connectivity index (χ1n) is 9.08. The highest BCUT2D eigenvalue weighted by molar-refractivity contribution is 5.81. The quantitative estimate of drug-likeness (QED) is 0.626. The van der Waals surface area contributed by atoms with E-state index < -0.39 is 5.97 Å². The molecule has 1 N–H and O–H groups in total. The van der Waals surface area contributed by atoms with E-state index in [0.29, 0.717) is 18.0 Å². The number of aryl methyl sites for hydroxylation is 2. The summed E-state index contributed by atoms with van der Waals surface area (Å²) >= 11 is 0. The maximum atomic E-state index is 12.2. The monoisotopic (exact) mass is 381 g/mol. The molecule has 1 atom stereocenters. The lowest BCUT2D eigenvalue weighted by Gasteiger charge is -2.13. The molecule has 8 nitrogen and oxygen atoms in total. The Hall–Kier alpha value is -3.29. The molecule has 2 aromatic heterocycles. The first-order valence-corrected chi connectivity index (χ1v) is 9.08. The molecular weight excluding hydrogens is 358 g/mol. The van der Waals surface area contributed by atoms with E-state index >= 15 is 0 Å². The van der Waals surface area contributed by atoms with E-state index in [9.17, 15) is 9.59 Å². The number of hydrogen-bond donors (Lipinski definition) is 1. The van der Waals surface area contributed by atoms with Crippen LogP contribution in [0.2, 0.25) is 0 Å². The summed E-state index contributed by atoms with van der Waals surface area (Å²) in [5.74, 6) is -0.154. The van der Waals surface area contributed by atoms with Gasteiger partial charge in [-0.2, -0.15) is 10.1 Å². The van der Waals surface area contributed by atoms with Crippen molar-refractivity contribution >= 4 is 17.7 Å². The molecule has 0 saturated heterocycles. The summed E-state index contributed by atoms with van der Waals surface area (Å²) < 4.78 is 6.70. The van der Waals surface area contributed by atoms with Gasteiger partial charge < -0.3 is 10.1 Å². The average Bonchev–Trinajstić information content (AvgIpc) is 3.16. The smallest absolute Gasteiger partial charge is 0.310 e. The van der Waals surface area contributed by atoms with Gasteiger partial charge in [0.05, 0.1) is 6.42 Å². The van der Waals surface area contributed by atoms with Crippen molar-refractivity contribution < 1.29 is 14.3 Å². The van der Waals surface area contributed by atoms with Crippen LogP contribution in [0, 0.1) is 13.8 Å². The van der Waals surface area contributed by atoms with Crippen molar-refractivity contribution in [2.75, 3.05) is 13.2 Å². The molecule has 1 aromatic carbocycles. The molecule has 2 heterocycles. The lowest BCUT2D eigenvalue weighted by Crippen LogP contribution is -2.32. The van der Waals surface area contributed by atoms with Crippen LogP contribution in [-0.4, -0.2) is 44.6 Å². The van der Waals surface area contributed by atoms with E-state index in [4.69, 9.17) is 4.74 Å². The summed E-state index contributed by atoms with van der Waals surface area (Å²) in [5, 5.41) is 6.89. The van der Waals surface area contributed by atoms with Crippen molar-refractivity contribution in [3.63, 3.8) is 0 Å². The zero-order valence-electron chi connectivity index (χ0n) is 16.2. The largest absolute Gasteiger partial charge is 0.455 e. The second-order valence-corrected chi connectivity index (χ2v) is 6.69. The fourth-order valence-corrected chi connectivity index (χ4v) is 2.97. The summed E-state index contributed by atoms with van der Waals surface area (Å²) in [6, 6.07) is 9.91. The third-order valence-electron chi connectivity index (χ3n) is 4.65. The second kappa shape index (κ2) is 8.60. The fourth-order valence-electron chi connectivity index (χ4n) is 2.97. The number of nitrogens with zero attached hydrogens (tertiary/aromatic N) is 4. The minimum Gasteiger partial charge on any atom is -0.455 e. The number of fused-ring (bicyclic) bond motifs is 1. The van der Waals surface area contributed by atoms with Crippen LogP contribution in [0.25, 0.3) is 5.78 Å². The highest BCUT2D eigenvalue weighted by Crippen LogP contribution is 2.14. The molecule has 0 saturated carbocycles. The molecular formula is C20H23N5O3. The lowest BCUT2D eigenvalue weighted by molar-refractivity contribution is -0.147. The van der Waals surface area contributed by atoms with Crippen LogP contribution in [0.4, 0.5) is 0 Å². The fraction of sp³-hybridized carbons (Fsp3) is 0.350. The summed E-state index contributed by atoms with van der Waals surface area (Å²) in [7, 11) is 0. The summed E-state index contributed by atoms with van der Waals surface area (Å²) in [6.07, 6.45) is 1.44. The number of ether oxygens (including phenoxy) is 1. The lowest BCUT2D eigenvalue weighted by atomic mass is 10.0. The van der Waals surface area contributed by atoms with Gasteiger partial charge in [-0.3, -0.25) is 9.59 Å².